The molecule has 76 heavy (non-hydrogen) atoms. The minimum absolute atomic E-state index is 0.522. The highest BCUT2D eigenvalue weighted by Crippen LogP contribution is 2.62. The molecule has 0 amide bonds. The van der Waals surface area contributed by atoms with Crippen molar-refractivity contribution in [2.24, 2.45) is 0 Å². The molecule has 354 valence electrons. The Morgan fingerprint density at radius 2 is 0.789 bits per heavy atom. The molecule has 0 fully saturated rings. The molecule has 0 radical (unpaired) electrons. The van der Waals surface area contributed by atoms with Crippen LogP contribution in [0.25, 0.3) is 99.5 Å². The molecule has 12 aromatic carbocycles. The Kier molecular flexibility index (Phi) is 9.25. The van der Waals surface area contributed by atoms with Crippen LogP contribution in [0.2, 0.25) is 0 Å². The summed E-state index contributed by atoms with van der Waals surface area (Å²) in [6, 6.07) is 106. The van der Waals surface area contributed by atoms with Gasteiger partial charge in [0.2, 0.25) is 0 Å². The van der Waals surface area contributed by atoms with Gasteiger partial charge in [-0.25, -0.2) is 0 Å². The van der Waals surface area contributed by atoms with Crippen molar-refractivity contribution < 1.29 is 0 Å². The molecule has 0 saturated heterocycles. The van der Waals surface area contributed by atoms with Crippen LogP contribution in [0.1, 0.15) is 22.3 Å². The number of hydrogen-bond acceptors (Lipinski definition) is 1. The van der Waals surface area contributed by atoms with Crippen molar-refractivity contribution in [1.29, 1.82) is 0 Å². The first kappa shape index (κ1) is 42.5. The second-order valence-corrected chi connectivity index (χ2v) is 20.3. The third-order valence-electron chi connectivity index (χ3n) is 16.5. The third-order valence-corrected chi connectivity index (χ3v) is 16.5. The van der Waals surface area contributed by atoms with E-state index in [0.29, 0.717) is 0 Å². The number of rotatable bonds is 7. The highest BCUT2D eigenvalue weighted by molar-refractivity contribution is 6.13. The first-order chi connectivity index (χ1) is 37.7. The highest BCUT2D eigenvalue weighted by Gasteiger charge is 2.51. The zero-order valence-corrected chi connectivity index (χ0v) is 41.5. The van der Waals surface area contributed by atoms with E-state index in [1.165, 1.54) is 105 Å². The number of anilines is 3. The first-order valence-electron chi connectivity index (χ1n) is 26.3. The Labute approximate surface area is 441 Å². The van der Waals surface area contributed by atoms with Crippen molar-refractivity contribution >= 4 is 60.7 Å². The normalized spacial score (nSPS) is 14.1. The van der Waals surface area contributed by atoms with Crippen LogP contribution in [0, 0.1) is 0 Å². The molecule has 16 rings (SSSR count). The van der Waals surface area contributed by atoms with Gasteiger partial charge in [0, 0.05) is 44.2 Å². The van der Waals surface area contributed by atoms with E-state index >= 15 is 0 Å². The first-order valence-corrected chi connectivity index (χ1v) is 26.3. The van der Waals surface area contributed by atoms with Crippen molar-refractivity contribution in [3.8, 4) is 55.9 Å². The van der Waals surface area contributed by atoms with Crippen LogP contribution in [0.3, 0.4) is 0 Å². The van der Waals surface area contributed by atoms with E-state index in [-0.39, 0.29) is 0 Å². The Morgan fingerprint density at radius 3 is 1.54 bits per heavy atom. The number of nitrogens with zero attached hydrogens (tertiary/aromatic N) is 3. The van der Waals surface area contributed by atoms with Gasteiger partial charge in [-0.05, 0) is 134 Å². The quantitative estimate of drug-likeness (QED) is 0.155. The lowest BCUT2D eigenvalue weighted by atomic mass is 9.65. The van der Waals surface area contributed by atoms with Crippen molar-refractivity contribution in [1.82, 2.24) is 9.13 Å². The third kappa shape index (κ3) is 5.99. The van der Waals surface area contributed by atoms with Gasteiger partial charge >= 0.3 is 0 Å². The smallest absolute Gasteiger partial charge is 0.0754 e. The number of hydrogen-bond donors (Lipinski definition) is 0. The standard InChI is InChI=1S/C73H47N3/c1-2-19-48(20-3-1)50-21-16-22-51(47-50)55-23-5-11-34-66(55)74(53-43-45-54(46-44-53)75-67-35-12-6-24-57(67)58-25-7-13-36-68(58)75)52-41-39-49(40-42-52)56-28-17-32-64-71(56)61-27-4-9-30-62(61)73(64)63-31-10-15-38-70(63)76-69-37-14-8-26-59(69)60-29-18-33-65(73)72(60)76/h1-47H. The molecule has 0 bridgehead atoms. The molecule has 1 spiro atoms. The van der Waals surface area contributed by atoms with Crippen LogP contribution in [-0.2, 0) is 5.41 Å². The van der Waals surface area contributed by atoms with Crippen molar-refractivity contribution in [2.45, 2.75) is 5.41 Å². The maximum absolute atomic E-state index is 2.52. The summed E-state index contributed by atoms with van der Waals surface area (Å²) >= 11 is 0. The summed E-state index contributed by atoms with van der Waals surface area (Å²) in [6.07, 6.45) is 0. The van der Waals surface area contributed by atoms with E-state index in [2.05, 4.69) is 299 Å². The number of benzene rings is 12. The Bertz CT molecular complexity index is 4580. The van der Waals surface area contributed by atoms with Gasteiger partial charge in [-0.3, -0.25) is 0 Å². The van der Waals surface area contributed by atoms with Crippen LogP contribution < -0.4 is 4.90 Å². The van der Waals surface area contributed by atoms with Gasteiger partial charge in [-0.15, -0.1) is 0 Å². The maximum Gasteiger partial charge on any atom is 0.0754 e. The Balaban J connectivity index is 0.868. The molecule has 1 atom stereocenters. The molecule has 1 unspecified atom stereocenters. The summed E-state index contributed by atoms with van der Waals surface area (Å²) in [5.74, 6) is 0. The minimum atomic E-state index is -0.522. The predicted octanol–water partition coefficient (Wildman–Crippen LogP) is 19.0. The fraction of sp³-hybridized carbons (Fsp3) is 0.0137. The van der Waals surface area contributed by atoms with Crippen molar-refractivity contribution in [2.75, 3.05) is 4.90 Å². The summed E-state index contributed by atoms with van der Waals surface area (Å²) in [4.78, 5) is 2.43. The average molecular weight is 966 g/mol. The van der Waals surface area contributed by atoms with Gasteiger partial charge in [-0.2, -0.15) is 0 Å². The summed E-state index contributed by atoms with van der Waals surface area (Å²) in [5, 5.41) is 5.07. The number of aromatic nitrogens is 2. The van der Waals surface area contributed by atoms with Gasteiger partial charge in [0.25, 0.3) is 0 Å². The van der Waals surface area contributed by atoms with Gasteiger partial charge < -0.3 is 14.0 Å². The Morgan fingerprint density at radius 1 is 0.289 bits per heavy atom. The fourth-order valence-electron chi connectivity index (χ4n) is 13.4. The molecular formula is C73H47N3. The largest absolute Gasteiger partial charge is 0.310 e. The lowest BCUT2D eigenvalue weighted by Gasteiger charge is -2.39. The highest BCUT2D eigenvalue weighted by atomic mass is 15.1. The SMILES string of the molecule is c1ccc(-c2cccc(-c3ccccc3N(c3ccc(-c4cccc5c4-c4ccccc4C54c5ccccc5-n5c6ccccc6c6cccc4c65)cc3)c3ccc(-n4c5ccccc5c5ccccc54)cc3)c2)cc1. The monoisotopic (exact) mass is 965 g/mol. The molecule has 3 heteroatoms. The molecule has 1 aliphatic heterocycles. The molecule has 14 aromatic rings. The Hall–Kier alpha value is -9.96. The molecule has 3 nitrogen and oxygen atoms in total. The fourth-order valence-corrected chi connectivity index (χ4v) is 13.4. The van der Waals surface area contributed by atoms with E-state index in [0.717, 1.165) is 33.9 Å². The molecule has 3 heterocycles. The summed E-state index contributed by atoms with van der Waals surface area (Å²) < 4.78 is 4.91. The zero-order valence-electron chi connectivity index (χ0n) is 41.5. The second-order valence-electron chi connectivity index (χ2n) is 20.3. The lowest BCUT2D eigenvalue weighted by Crippen LogP contribution is -2.33. The van der Waals surface area contributed by atoms with Crippen LogP contribution in [0.5, 0.6) is 0 Å². The van der Waals surface area contributed by atoms with Crippen LogP contribution in [0.15, 0.2) is 285 Å². The van der Waals surface area contributed by atoms with Crippen molar-refractivity contribution in [3.05, 3.63) is 307 Å². The van der Waals surface area contributed by atoms with Crippen molar-refractivity contribution in [3.63, 3.8) is 0 Å². The molecule has 2 aromatic heterocycles. The summed E-state index contributed by atoms with van der Waals surface area (Å²) in [7, 11) is 0. The van der Waals surface area contributed by atoms with E-state index in [9.17, 15) is 0 Å². The van der Waals surface area contributed by atoms with Gasteiger partial charge in [0.15, 0.2) is 0 Å². The molecular weight excluding hydrogens is 919 g/mol. The van der Waals surface area contributed by atoms with Crippen LogP contribution in [0.4, 0.5) is 17.1 Å². The summed E-state index contributed by atoms with van der Waals surface area (Å²) in [6.45, 7) is 0. The number of fused-ring (bicyclic) bond motifs is 15. The van der Waals surface area contributed by atoms with E-state index in [1.807, 2.05) is 0 Å². The van der Waals surface area contributed by atoms with E-state index in [1.54, 1.807) is 0 Å². The molecule has 1 aliphatic carbocycles. The van der Waals surface area contributed by atoms with Gasteiger partial charge in [-0.1, -0.05) is 212 Å². The number of para-hydroxylation sites is 6. The molecule has 0 N–H and O–H groups in total. The van der Waals surface area contributed by atoms with Gasteiger partial charge in [0.1, 0.15) is 0 Å². The topological polar surface area (TPSA) is 13.1 Å². The predicted molar refractivity (Wildman–Crippen MR) is 317 cm³/mol. The molecule has 0 saturated carbocycles. The van der Waals surface area contributed by atoms with E-state index in [4.69, 9.17) is 0 Å². The van der Waals surface area contributed by atoms with Crippen LogP contribution >= 0.6 is 0 Å². The van der Waals surface area contributed by atoms with Crippen LogP contribution in [-0.4, -0.2) is 9.13 Å². The summed E-state index contributed by atoms with van der Waals surface area (Å²) in [5.41, 5.74) is 25.0. The minimum Gasteiger partial charge on any atom is -0.310 e. The lowest BCUT2D eigenvalue weighted by molar-refractivity contribution is 0.748. The molecule has 2 aliphatic rings. The second kappa shape index (κ2) is 16.5. The van der Waals surface area contributed by atoms with Gasteiger partial charge in [0.05, 0.1) is 38.9 Å². The average Bonchev–Trinajstić information content (AvgIpc) is 4.33. The van der Waals surface area contributed by atoms with E-state index < -0.39 is 5.41 Å². The maximum atomic E-state index is 2.52. The zero-order chi connectivity index (χ0) is 49.9.